The van der Waals surface area contributed by atoms with Gasteiger partial charge < -0.3 is 10.1 Å². The Morgan fingerprint density at radius 2 is 2.44 bits per heavy atom. The molecule has 2 N–H and O–H groups in total. The van der Waals surface area contributed by atoms with Gasteiger partial charge in [0.2, 0.25) is 4.96 Å². The number of hydrogen-bond donors (Lipinski definition) is 2. The number of H-pyrrole nitrogens is 1. The summed E-state index contributed by atoms with van der Waals surface area (Å²) in [5.41, 5.74) is 1.87. The highest BCUT2D eigenvalue weighted by atomic mass is 32.1. The normalized spacial score (nSPS) is 11.1. The van der Waals surface area contributed by atoms with Crippen LogP contribution in [-0.2, 0) is 11.2 Å². The van der Waals surface area contributed by atoms with Crippen LogP contribution < -0.4 is 0 Å². The zero-order chi connectivity index (χ0) is 12.5. The van der Waals surface area contributed by atoms with Crippen molar-refractivity contribution in [1.29, 1.82) is 0 Å². The van der Waals surface area contributed by atoms with Crippen molar-refractivity contribution in [1.82, 2.24) is 19.6 Å². The molecule has 3 rings (SSSR count). The molecule has 0 bridgehead atoms. The van der Waals surface area contributed by atoms with Crippen molar-refractivity contribution in [2.24, 2.45) is 0 Å². The molecule has 92 valence electrons. The van der Waals surface area contributed by atoms with E-state index in [1.807, 2.05) is 24.7 Å². The van der Waals surface area contributed by atoms with Crippen molar-refractivity contribution in [2.45, 2.75) is 12.8 Å². The maximum atomic E-state index is 10.5. The van der Waals surface area contributed by atoms with Crippen LogP contribution in [0.2, 0.25) is 0 Å². The molecule has 0 amide bonds. The Kier molecular flexibility index (Phi) is 2.60. The third-order valence-corrected chi connectivity index (χ3v) is 3.51. The molecule has 0 radical (unpaired) electrons. The molecule has 0 fully saturated rings. The molecule has 7 heteroatoms. The summed E-state index contributed by atoms with van der Waals surface area (Å²) < 4.78 is 1.70. The van der Waals surface area contributed by atoms with Gasteiger partial charge in [0, 0.05) is 24.4 Å². The zero-order valence-electron chi connectivity index (χ0n) is 9.33. The van der Waals surface area contributed by atoms with Gasteiger partial charge in [-0.3, -0.25) is 4.79 Å². The standard InChI is InChI=1S/C11H10N4O2S/c16-10(17)2-1-9-14-15-6-8(13-11(15)18-9)7-3-4-12-5-7/h3-6,12H,1-2H2,(H,16,17). The van der Waals surface area contributed by atoms with E-state index in [1.165, 1.54) is 11.3 Å². The second kappa shape index (κ2) is 4.26. The summed E-state index contributed by atoms with van der Waals surface area (Å²) in [6.45, 7) is 0. The second-order valence-electron chi connectivity index (χ2n) is 3.84. The smallest absolute Gasteiger partial charge is 0.303 e. The van der Waals surface area contributed by atoms with Crippen LogP contribution in [0.15, 0.2) is 24.7 Å². The van der Waals surface area contributed by atoms with Gasteiger partial charge in [-0.05, 0) is 6.07 Å². The van der Waals surface area contributed by atoms with Crippen LogP contribution in [0.5, 0.6) is 0 Å². The van der Waals surface area contributed by atoms with Gasteiger partial charge in [0.15, 0.2) is 0 Å². The summed E-state index contributed by atoms with van der Waals surface area (Å²) in [6.07, 6.45) is 6.11. The summed E-state index contributed by atoms with van der Waals surface area (Å²) >= 11 is 1.42. The molecule has 0 spiro atoms. The number of aliphatic carboxylic acids is 1. The van der Waals surface area contributed by atoms with Crippen molar-refractivity contribution < 1.29 is 9.90 Å². The number of aromatic nitrogens is 4. The molecule has 3 aromatic heterocycles. The number of hydrogen-bond acceptors (Lipinski definition) is 4. The van der Waals surface area contributed by atoms with E-state index in [9.17, 15) is 4.79 Å². The van der Waals surface area contributed by atoms with Gasteiger partial charge in [-0.2, -0.15) is 5.10 Å². The number of nitrogens with one attached hydrogen (secondary N) is 1. The lowest BCUT2D eigenvalue weighted by atomic mass is 10.3. The first-order chi connectivity index (χ1) is 8.72. The van der Waals surface area contributed by atoms with E-state index in [0.29, 0.717) is 6.42 Å². The first kappa shape index (κ1) is 11.0. The lowest BCUT2D eigenvalue weighted by Crippen LogP contribution is -1.97. The highest BCUT2D eigenvalue weighted by Gasteiger charge is 2.10. The van der Waals surface area contributed by atoms with Gasteiger partial charge in [0.25, 0.3) is 0 Å². The Hall–Kier alpha value is -2.15. The third-order valence-electron chi connectivity index (χ3n) is 2.53. The molecule has 0 atom stereocenters. The number of aromatic amines is 1. The molecule has 0 saturated carbocycles. The minimum Gasteiger partial charge on any atom is -0.481 e. The van der Waals surface area contributed by atoms with Crippen LogP contribution in [0.4, 0.5) is 0 Å². The number of fused-ring (bicyclic) bond motifs is 1. The number of rotatable bonds is 4. The van der Waals surface area contributed by atoms with Crippen molar-refractivity contribution in [3.63, 3.8) is 0 Å². The fraction of sp³-hybridized carbons (Fsp3) is 0.182. The number of nitrogens with zero attached hydrogens (tertiary/aromatic N) is 3. The Morgan fingerprint density at radius 1 is 1.56 bits per heavy atom. The fourth-order valence-electron chi connectivity index (χ4n) is 1.68. The molecule has 0 aliphatic rings. The van der Waals surface area contributed by atoms with E-state index < -0.39 is 5.97 Å². The van der Waals surface area contributed by atoms with Crippen molar-refractivity contribution in [2.75, 3.05) is 0 Å². The maximum absolute atomic E-state index is 10.5. The Bertz CT molecular complexity index is 652. The van der Waals surface area contributed by atoms with E-state index in [1.54, 1.807) is 4.52 Å². The number of carboxylic acid groups (broad SMARTS) is 1. The number of carboxylic acids is 1. The van der Waals surface area contributed by atoms with E-state index in [0.717, 1.165) is 21.2 Å². The lowest BCUT2D eigenvalue weighted by Gasteiger charge is -1.89. The lowest BCUT2D eigenvalue weighted by molar-refractivity contribution is -0.136. The number of aryl methyl sites for hydroxylation is 1. The van der Waals surface area contributed by atoms with Crippen LogP contribution >= 0.6 is 11.3 Å². The molecule has 0 aliphatic heterocycles. The zero-order valence-corrected chi connectivity index (χ0v) is 10.1. The minimum atomic E-state index is -0.809. The summed E-state index contributed by atoms with van der Waals surface area (Å²) in [5.74, 6) is -0.809. The van der Waals surface area contributed by atoms with Crippen LogP contribution in [-0.4, -0.2) is 30.7 Å². The number of carbonyl (C=O) groups is 1. The van der Waals surface area contributed by atoms with Gasteiger partial charge in [-0.15, -0.1) is 0 Å². The Balaban J connectivity index is 1.87. The topological polar surface area (TPSA) is 83.3 Å². The molecule has 0 saturated heterocycles. The molecular weight excluding hydrogens is 252 g/mol. The maximum Gasteiger partial charge on any atom is 0.303 e. The highest BCUT2D eigenvalue weighted by Crippen LogP contribution is 2.22. The van der Waals surface area contributed by atoms with Crippen LogP contribution in [0, 0.1) is 0 Å². The molecule has 3 aromatic rings. The van der Waals surface area contributed by atoms with E-state index in [4.69, 9.17) is 5.11 Å². The molecule has 3 heterocycles. The second-order valence-corrected chi connectivity index (χ2v) is 4.88. The van der Waals surface area contributed by atoms with Crippen molar-refractivity contribution in [3.05, 3.63) is 29.7 Å². The van der Waals surface area contributed by atoms with Crippen LogP contribution in [0.25, 0.3) is 16.2 Å². The van der Waals surface area contributed by atoms with Crippen molar-refractivity contribution in [3.8, 4) is 11.3 Å². The molecule has 18 heavy (non-hydrogen) atoms. The van der Waals surface area contributed by atoms with Gasteiger partial charge >= 0.3 is 5.97 Å². The average Bonchev–Trinajstić information content (AvgIpc) is 3.00. The van der Waals surface area contributed by atoms with Crippen LogP contribution in [0.1, 0.15) is 11.4 Å². The Labute approximate surface area is 106 Å². The van der Waals surface area contributed by atoms with Crippen LogP contribution in [0.3, 0.4) is 0 Å². The quantitative estimate of drug-likeness (QED) is 0.751. The summed E-state index contributed by atoms with van der Waals surface area (Å²) in [6, 6.07) is 1.94. The minimum absolute atomic E-state index is 0.0985. The van der Waals surface area contributed by atoms with Gasteiger partial charge in [0.05, 0.1) is 18.3 Å². The van der Waals surface area contributed by atoms with Gasteiger partial charge in [0.1, 0.15) is 5.01 Å². The molecule has 0 unspecified atom stereocenters. The average molecular weight is 262 g/mol. The van der Waals surface area contributed by atoms with Crippen molar-refractivity contribution >= 4 is 22.3 Å². The van der Waals surface area contributed by atoms with Gasteiger partial charge in [-0.1, -0.05) is 11.3 Å². The SMILES string of the molecule is O=C(O)CCc1nn2cc(-c3cc[nH]c3)nc2s1. The molecule has 0 aliphatic carbocycles. The summed E-state index contributed by atoms with van der Waals surface area (Å²) in [5, 5.41) is 13.7. The van der Waals surface area contributed by atoms with Gasteiger partial charge in [-0.25, -0.2) is 9.50 Å². The van der Waals surface area contributed by atoms with E-state index >= 15 is 0 Å². The molecule has 6 nitrogen and oxygen atoms in total. The fourth-order valence-corrected chi connectivity index (χ4v) is 2.55. The van der Waals surface area contributed by atoms with E-state index in [-0.39, 0.29) is 6.42 Å². The monoisotopic (exact) mass is 262 g/mol. The molecular formula is C11H10N4O2S. The first-order valence-electron chi connectivity index (χ1n) is 5.42. The number of imidazole rings is 1. The highest BCUT2D eigenvalue weighted by molar-refractivity contribution is 7.16. The Morgan fingerprint density at radius 3 is 3.11 bits per heavy atom. The predicted molar refractivity (Wildman–Crippen MR) is 66.6 cm³/mol. The third kappa shape index (κ3) is 2.00. The predicted octanol–water partition coefficient (Wildman–Crippen LogP) is 1.80. The van der Waals surface area contributed by atoms with E-state index in [2.05, 4.69) is 15.1 Å². The first-order valence-corrected chi connectivity index (χ1v) is 6.24. The summed E-state index contributed by atoms with van der Waals surface area (Å²) in [4.78, 5) is 18.7. The summed E-state index contributed by atoms with van der Waals surface area (Å²) in [7, 11) is 0. The largest absolute Gasteiger partial charge is 0.481 e. The molecule has 0 aromatic carbocycles.